The number of allylic oxidation sites excluding steroid dienone is 1. The molecule has 40 heavy (non-hydrogen) atoms. The lowest BCUT2D eigenvalue weighted by atomic mass is 9.95. The van der Waals surface area contributed by atoms with Crippen LogP contribution in [0.15, 0.2) is 55.6 Å². The molecule has 1 aromatic rings. The molecule has 10 heteroatoms. The number of benzene rings is 1. The average molecular weight is 558 g/mol. The van der Waals surface area contributed by atoms with E-state index >= 15 is 0 Å². The van der Waals surface area contributed by atoms with Gasteiger partial charge in [0.2, 0.25) is 11.8 Å². The van der Waals surface area contributed by atoms with E-state index in [-0.39, 0.29) is 50.9 Å². The standard InChI is InChI=1S/C30H43N3O7/c1-5-12-23(18-25(35)32-30(20-34)16-10-11-17-30)26(36)33-29(3,4)21-40-27(37)24(13-6-2)31-28(38)39-19-22-14-8-7-9-15-22/h5-9,14-15,23-24,34H,1-2,10-13,16-21H2,3-4H3,(H,31,38)(H,32,35)(H,33,36)/t23-,24-/m1/s1. The van der Waals surface area contributed by atoms with E-state index in [2.05, 4.69) is 29.1 Å². The van der Waals surface area contributed by atoms with Gasteiger partial charge in [-0.25, -0.2) is 9.59 Å². The van der Waals surface area contributed by atoms with E-state index in [1.165, 1.54) is 6.08 Å². The first-order valence-electron chi connectivity index (χ1n) is 13.6. The number of amides is 3. The number of hydrogen-bond donors (Lipinski definition) is 4. The number of alkyl carbamates (subject to hydrolysis) is 1. The molecule has 10 nitrogen and oxygen atoms in total. The minimum absolute atomic E-state index is 0.0481. The fourth-order valence-electron chi connectivity index (χ4n) is 4.54. The first kappa shape index (κ1) is 32.6. The van der Waals surface area contributed by atoms with E-state index in [9.17, 15) is 24.3 Å². The van der Waals surface area contributed by atoms with Crippen molar-refractivity contribution < 1.29 is 33.8 Å². The van der Waals surface area contributed by atoms with Gasteiger partial charge in [0.15, 0.2) is 0 Å². The van der Waals surface area contributed by atoms with E-state index < -0.39 is 35.1 Å². The van der Waals surface area contributed by atoms with Crippen LogP contribution in [0.1, 0.15) is 64.4 Å². The van der Waals surface area contributed by atoms with Gasteiger partial charge in [0.05, 0.1) is 23.6 Å². The maximum Gasteiger partial charge on any atom is 0.408 e. The Morgan fingerprint density at radius 3 is 2.30 bits per heavy atom. The summed E-state index contributed by atoms with van der Waals surface area (Å²) in [7, 11) is 0. The number of carbonyl (C=O) groups excluding carboxylic acids is 4. The highest BCUT2D eigenvalue weighted by molar-refractivity contribution is 5.86. The van der Waals surface area contributed by atoms with Gasteiger partial charge in [-0.2, -0.15) is 0 Å². The van der Waals surface area contributed by atoms with E-state index in [0.29, 0.717) is 12.8 Å². The molecular weight excluding hydrogens is 514 g/mol. The second-order valence-electron chi connectivity index (χ2n) is 10.9. The van der Waals surface area contributed by atoms with Crippen molar-refractivity contribution in [3.63, 3.8) is 0 Å². The van der Waals surface area contributed by atoms with Crippen LogP contribution in [0.2, 0.25) is 0 Å². The summed E-state index contributed by atoms with van der Waals surface area (Å²) in [5.74, 6) is -2.07. The normalized spacial score (nSPS) is 15.7. The quantitative estimate of drug-likeness (QED) is 0.180. The molecule has 0 bridgehead atoms. The number of carbonyl (C=O) groups is 4. The molecule has 0 radical (unpaired) electrons. The van der Waals surface area contributed by atoms with E-state index in [1.807, 2.05) is 30.3 Å². The van der Waals surface area contributed by atoms with Gasteiger partial charge < -0.3 is 30.5 Å². The molecule has 0 heterocycles. The van der Waals surface area contributed by atoms with Crippen LogP contribution < -0.4 is 16.0 Å². The van der Waals surface area contributed by atoms with Gasteiger partial charge in [0.25, 0.3) is 0 Å². The van der Waals surface area contributed by atoms with Gasteiger partial charge in [0, 0.05) is 6.42 Å². The molecule has 0 saturated heterocycles. The fraction of sp³-hybridized carbons (Fsp3) is 0.533. The van der Waals surface area contributed by atoms with Crippen LogP contribution in [-0.4, -0.2) is 59.3 Å². The number of aliphatic hydroxyl groups excluding tert-OH is 1. The molecule has 2 rings (SSSR count). The topological polar surface area (TPSA) is 143 Å². The third kappa shape index (κ3) is 10.8. The highest BCUT2D eigenvalue weighted by atomic mass is 16.6. The van der Waals surface area contributed by atoms with Crippen LogP contribution in [0.25, 0.3) is 0 Å². The van der Waals surface area contributed by atoms with Gasteiger partial charge in [0.1, 0.15) is 19.3 Å². The summed E-state index contributed by atoms with van der Waals surface area (Å²) in [6, 6.07) is 8.11. The van der Waals surface area contributed by atoms with Crippen molar-refractivity contribution in [2.24, 2.45) is 5.92 Å². The molecule has 0 unspecified atom stereocenters. The summed E-state index contributed by atoms with van der Waals surface area (Å²) in [5.41, 5.74) is -0.784. The molecule has 3 amide bonds. The monoisotopic (exact) mass is 557 g/mol. The van der Waals surface area contributed by atoms with Gasteiger partial charge in [-0.3, -0.25) is 9.59 Å². The molecule has 0 spiro atoms. The summed E-state index contributed by atoms with van der Waals surface area (Å²) < 4.78 is 10.6. The Bertz CT molecular complexity index is 1020. The molecule has 1 aliphatic carbocycles. The molecular formula is C30H43N3O7. The molecule has 4 N–H and O–H groups in total. The Morgan fingerprint density at radius 2 is 1.70 bits per heavy atom. The summed E-state index contributed by atoms with van der Waals surface area (Å²) in [6.45, 7) is 10.4. The summed E-state index contributed by atoms with van der Waals surface area (Å²) in [6.07, 6.45) is 5.90. The summed E-state index contributed by atoms with van der Waals surface area (Å²) in [5, 5.41) is 18.0. The van der Waals surface area contributed by atoms with Crippen LogP contribution in [0.4, 0.5) is 4.79 Å². The number of esters is 1. The Balaban J connectivity index is 1.88. The first-order chi connectivity index (χ1) is 19.0. The van der Waals surface area contributed by atoms with Crippen LogP contribution in [0, 0.1) is 5.92 Å². The predicted molar refractivity (Wildman–Crippen MR) is 151 cm³/mol. The Hall–Kier alpha value is -3.66. The third-order valence-electron chi connectivity index (χ3n) is 6.75. The minimum Gasteiger partial charge on any atom is -0.462 e. The predicted octanol–water partition coefficient (Wildman–Crippen LogP) is 3.30. The van der Waals surface area contributed by atoms with Crippen LogP contribution in [0.3, 0.4) is 0 Å². The van der Waals surface area contributed by atoms with E-state index in [0.717, 1.165) is 18.4 Å². The van der Waals surface area contributed by atoms with Crippen molar-refractivity contribution in [1.82, 2.24) is 16.0 Å². The van der Waals surface area contributed by atoms with Crippen LogP contribution in [-0.2, 0) is 30.5 Å². The summed E-state index contributed by atoms with van der Waals surface area (Å²) in [4.78, 5) is 50.8. The summed E-state index contributed by atoms with van der Waals surface area (Å²) >= 11 is 0. The van der Waals surface area contributed by atoms with Gasteiger partial charge in [-0.1, -0.05) is 55.3 Å². The minimum atomic E-state index is -1.01. The maximum absolute atomic E-state index is 13.1. The lowest BCUT2D eigenvalue weighted by molar-refractivity contribution is -0.149. The number of aliphatic hydroxyl groups is 1. The second-order valence-corrected chi connectivity index (χ2v) is 10.9. The number of rotatable bonds is 16. The molecule has 1 aliphatic rings. The fourth-order valence-corrected chi connectivity index (χ4v) is 4.54. The molecule has 1 saturated carbocycles. The molecule has 0 aromatic heterocycles. The lowest BCUT2D eigenvalue weighted by Crippen LogP contribution is -2.52. The third-order valence-corrected chi connectivity index (χ3v) is 6.75. The highest BCUT2D eigenvalue weighted by Gasteiger charge is 2.36. The SMILES string of the molecule is C=CC[C@H](CC(=O)NC1(CO)CCCC1)C(=O)NC(C)(C)COC(=O)[C@@H](CC=C)NC(=O)OCc1ccccc1. The largest absolute Gasteiger partial charge is 0.462 e. The van der Waals surface area contributed by atoms with Crippen molar-refractivity contribution >= 4 is 23.9 Å². The zero-order valence-electron chi connectivity index (χ0n) is 23.6. The Labute approximate surface area is 236 Å². The van der Waals surface area contributed by atoms with Gasteiger partial charge in [-0.05, 0) is 45.1 Å². The van der Waals surface area contributed by atoms with E-state index in [1.54, 1.807) is 19.9 Å². The van der Waals surface area contributed by atoms with Crippen molar-refractivity contribution in [1.29, 1.82) is 0 Å². The second kappa shape index (κ2) is 15.8. The zero-order valence-corrected chi connectivity index (χ0v) is 23.6. The molecule has 1 fully saturated rings. The molecule has 1 aromatic carbocycles. The number of nitrogens with one attached hydrogen (secondary N) is 3. The average Bonchev–Trinajstić information content (AvgIpc) is 3.39. The van der Waals surface area contributed by atoms with Crippen LogP contribution in [0.5, 0.6) is 0 Å². The molecule has 0 aliphatic heterocycles. The highest BCUT2D eigenvalue weighted by Crippen LogP contribution is 2.29. The molecule has 2 atom stereocenters. The van der Waals surface area contributed by atoms with Crippen molar-refractivity contribution in [2.75, 3.05) is 13.2 Å². The van der Waals surface area contributed by atoms with Gasteiger partial charge >= 0.3 is 12.1 Å². The first-order valence-corrected chi connectivity index (χ1v) is 13.6. The van der Waals surface area contributed by atoms with Crippen molar-refractivity contribution in [2.45, 2.75) is 82.5 Å². The van der Waals surface area contributed by atoms with Crippen molar-refractivity contribution in [3.05, 3.63) is 61.2 Å². The van der Waals surface area contributed by atoms with Crippen molar-refractivity contribution in [3.8, 4) is 0 Å². The lowest BCUT2D eigenvalue weighted by Gasteiger charge is -2.30. The Morgan fingerprint density at radius 1 is 1.05 bits per heavy atom. The maximum atomic E-state index is 13.1. The number of hydrogen-bond acceptors (Lipinski definition) is 7. The molecule has 220 valence electrons. The van der Waals surface area contributed by atoms with E-state index in [4.69, 9.17) is 9.47 Å². The van der Waals surface area contributed by atoms with Crippen LogP contribution >= 0.6 is 0 Å². The zero-order chi connectivity index (χ0) is 29.6. The number of ether oxygens (including phenoxy) is 2. The Kier molecular flexibility index (Phi) is 12.9. The van der Waals surface area contributed by atoms with Gasteiger partial charge in [-0.15, -0.1) is 13.2 Å². The smallest absolute Gasteiger partial charge is 0.408 e.